The lowest BCUT2D eigenvalue weighted by molar-refractivity contribution is -0.130. The number of rotatable bonds is 3. The van der Waals surface area contributed by atoms with Crippen LogP contribution < -0.4 is 5.73 Å². The van der Waals surface area contributed by atoms with Crippen molar-refractivity contribution >= 4 is 18.3 Å². The summed E-state index contributed by atoms with van der Waals surface area (Å²) in [7, 11) is 3.52. The van der Waals surface area contributed by atoms with Gasteiger partial charge in [-0.15, -0.1) is 12.4 Å². The third-order valence-electron chi connectivity index (χ3n) is 1.68. The van der Waals surface area contributed by atoms with Crippen molar-refractivity contribution in [2.24, 2.45) is 11.1 Å². The van der Waals surface area contributed by atoms with Crippen LogP contribution in [0.25, 0.3) is 0 Å². The van der Waals surface area contributed by atoms with E-state index in [0.717, 1.165) is 0 Å². The zero-order valence-electron chi connectivity index (χ0n) is 8.26. The van der Waals surface area contributed by atoms with E-state index in [-0.39, 0.29) is 23.7 Å². The fraction of sp³-hybridized carbons (Fsp3) is 0.875. The Morgan fingerprint density at radius 2 is 1.83 bits per heavy atom. The van der Waals surface area contributed by atoms with E-state index in [2.05, 4.69) is 0 Å². The van der Waals surface area contributed by atoms with E-state index in [1.807, 2.05) is 13.8 Å². The van der Waals surface area contributed by atoms with E-state index >= 15 is 0 Å². The quantitative estimate of drug-likeness (QED) is 0.725. The molecule has 4 heteroatoms. The Kier molecular flexibility index (Phi) is 6.39. The number of hydrogen-bond acceptors (Lipinski definition) is 2. The van der Waals surface area contributed by atoms with Crippen LogP contribution in [-0.4, -0.2) is 31.4 Å². The molecule has 0 saturated carbocycles. The molecule has 0 heterocycles. The lowest BCUT2D eigenvalue weighted by Crippen LogP contribution is -2.32. The van der Waals surface area contributed by atoms with Crippen molar-refractivity contribution in [2.45, 2.75) is 20.3 Å². The summed E-state index contributed by atoms with van der Waals surface area (Å²) >= 11 is 0. The summed E-state index contributed by atoms with van der Waals surface area (Å²) in [6.07, 6.45) is 0.524. The Balaban J connectivity index is 0. The highest BCUT2D eigenvalue weighted by molar-refractivity contribution is 5.85. The number of halogens is 1. The van der Waals surface area contributed by atoms with Crippen LogP contribution in [0.2, 0.25) is 0 Å². The summed E-state index contributed by atoms with van der Waals surface area (Å²) in [5.74, 6) is 0.139. The minimum Gasteiger partial charge on any atom is -0.349 e. The molecule has 12 heavy (non-hydrogen) atoms. The summed E-state index contributed by atoms with van der Waals surface area (Å²) < 4.78 is 0. The van der Waals surface area contributed by atoms with Gasteiger partial charge in [-0.25, -0.2) is 0 Å². The lowest BCUT2D eigenvalue weighted by Gasteiger charge is -2.23. The molecule has 0 saturated heterocycles. The first-order valence-corrected chi connectivity index (χ1v) is 3.79. The van der Waals surface area contributed by atoms with Gasteiger partial charge in [-0.3, -0.25) is 4.79 Å². The van der Waals surface area contributed by atoms with E-state index in [1.54, 1.807) is 19.0 Å². The predicted molar refractivity (Wildman–Crippen MR) is 53.4 cm³/mol. The van der Waals surface area contributed by atoms with Gasteiger partial charge in [0.05, 0.1) is 0 Å². The molecule has 2 N–H and O–H groups in total. The molecule has 0 aromatic carbocycles. The maximum Gasteiger partial charge on any atom is 0.222 e. The number of nitrogens with two attached hydrogens (primary N) is 1. The van der Waals surface area contributed by atoms with Gasteiger partial charge < -0.3 is 10.6 Å². The smallest absolute Gasteiger partial charge is 0.222 e. The molecule has 0 atom stereocenters. The Bertz CT molecular complexity index is 146. The second-order valence-corrected chi connectivity index (χ2v) is 3.83. The second-order valence-electron chi connectivity index (χ2n) is 3.83. The molecule has 0 radical (unpaired) electrons. The van der Waals surface area contributed by atoms with Gasteiger partial charge in [-0.05, 0) is 12.0 Å². The van der Waals surface area contributed by atoms with Crippen LogP contribution in [0.5, 0.6) is 0 Å². The number of amides is 1. The number of carbonyl (C=O) groups excluding carboxylic acids is 1. The average molecular weight is 195 g/mol. The second kappa shape index (κ2) is 5.38. The monoisotopic (exact) mass is 194 g/mol. The summed E-state index contributed by atoms with van der Waals surface area (Å²) in [6, 6.07) is 0. The minimum absolute atomic E-state index is 0. The largest absolute Gasteiger partial charge is 0.349 e. The predicted octanol–water partition coefficient (Wildman–Crippen LogP) is 0.871. The van der Waals surface area contributed by atoms with Gasteiger partial charge in [-0.2, -0.15) is 0 Å². The highest BCUT2D eigenvalue weighted by Crippen LogP contribution is 2.18. The standard InChI is InChI=1S/C8H18N2O.ClH/c1-8(2,6-9)5-7(11)10(3)4;/h5-6,9H2,1-4H3;1H. The van der Waals surface area contributed by atoms with Gasteiger partial charge in [0.1, 0.15) is 0 Å². The molecule has 0 unspecified atom stereocenters. The van der Waals surface area contributed by atoms with Crippen LogP contribution in [0, 0.1) is 5.41 Å². The molecule has 0 bridgehead atoms. The first kappa shape index (κ1) is 14.3. The number of carbonyl (C=O) groups is 1. The zero-order valence-corrected chi connectivity index (χ0v) is 9.07. The third-order valence-corrected chi connectivity index (χ3v) is 1.68. The lowest BCUT2D eigenvalue weighted by atomic mass is 9.89. The fourth-order valence-corrected chi connectivity index (χ4v) is 0.640. The maximum absolute atomic E-state index is 11.2. The van der Waals surface area contributed by atoms with Crippen LogP contribution in [-0.2, 0) is 4.79 Å². The molecule has 0 aliphatic carbocycles. The highest BCUT2D eigenvalue weighted by Gasteiger charge is 2.20. The summed E-state index contributed by atoms with van der Waals surface area (Å²) in [6.45, 7) is 4.54. The van der Waals surface area contributed by atoms with Gasteiger partial charge in [0.25, 0.3) is 0 Å². The van der Waals surface area contributed by atoms with Crippen LogP contribution in [0.1, 0.15) is 20.3 Å². The molecule has 74 valence electrons. The van der Waals surface area contributed by atoms with Crippen molar-refractivity contribution in [3.63, 3.8) is 0 Å². The fourth-order valence-electron chi connectivity index (χ4n) is 0.640. The van der Waals surface area contributed by atoms with Crippen molar-refractivity contribution in [3.8, 4) is 0 Å². The van der Waals surface area contributed by atoms with E-state index in [0.29, 0.717) is 13.0 Å². The molecule has 0 aliphatic heterocycles. The van der Waals surface area contributed by atoms with E-state index in [4.69, 9.17) is 5.73 Å². The molecule has 0 fully saturated rings. The molecule has 0 aromatic heterocycles. The zero-order chi connectivity index (χ0) is 9.07. The number of nitrogens with zero attached hydrogens (tertiary/aromatic N) is 1. The summed E-state index contributed by atoms with van der Waals surface area (Å²) in [4.78, 5) is 12.8. The highest BCUT2D eigenvalue weighted by atomic mass is 35.5. The Morgan fingerprint density at radius 3 is 2.08 bits per heavy atom. The molecule has 0 aromatic rings. The molecule has 0 spiro atoms. The van der Waals surface area contributed by atoms with Gasteiger partial charge in [-0.1, -0.05) is 13.8 Å². The molecular formula is C8H19ClN2O. The molecule has 0 aliphatic rings. The molecular weight excluding hydrogens is 176 g/mol. The van der Waals surface area contributed by atoms with Gasteiger partial charge in [0, 0.05) is 20.5 Å². The first-order chi connectivity index (χ1) is 4.89. The van der Waals surface area contributed by atoms with E-state index in [1.165, 1.54) is 0 Å². The van der Waals surface area contributed by atoms with Gasteiger partial charge in [0.15, 0.2) is 0 Å². The van der Waals surface area contributed by atoms with Crippen molar-refractivity contribution in [3.05, 3.63) is 0 Å². The normalized spacial score (nSPS) is 10.4. The first-order valence-electron chi connectivity index (χ1n) is 3.79. The van der Waals surface area contributed by atoms with Crippen LogP contribution in [0.4, 0.5) is 0 Å². The van der Waals surface area contributed by atoms with E-state index < -0.39 is 0 Å². The molecule has 1 amide bonds. The maximum atomic E-state index is 11.2. The van der Waals surface area contributed by atoms with Crippen LogP contribution >= 0.6 is 12.4 Å². The van der Waals surface area contributed by atoms with Crippen molar-refractivity contribution in [1.29, 1.82) is 0 Å². The number of hydrogen-bond donors (Lipinski definition) is 1. The van der Waals surface area contributed by atoms with Gasteiger partial charge in [0.2, 0.25) is 5.91 Å². The van der Waals surface area contributed by atoms with Gasteiger partial charge >= 0.3 is 0 Å². The third kappa shape index (κ3) is 5.38. The Hall–Kier alpha value is -0.280. The SMILES string of the molecule is CN(C)C(=O)CC(C)(C)CN.Cl. The average Bonchev–Trinajstić information content (AvgIpc) is 1.87. The Morgan fingerprint density at radius 1 is 1.42 bits per heavy atom. The van der Waals surface area contributed by atoms with E-state index in [9.17, 15) is 4.79 Å². The van der Waals surface area contributed by atoms with Crippen LogP contribution in [0.3, 0.4) is 0 Å². The molecule has 3 nitrogen and oxygen atoms in total. The summed E-state index contributed by atoms with van der Waals surface area (Å²) in [5, 5.41) is 0. The van der Waals surface area contributed by atoms with Crippen molar-refractivity contribution < 1.29 is 4.79 Å². The van der Waals surface area contributed by atoms with Crippen molar-refractivity contribution in [1.82, 2.24) is 4.90 Å². The molecule has 0 rings (SSSR count). The van der Waals surface area contributed by atoms with Crippen LogP contribution in [0.15, 0.2) is 0 Å². The Labute approximate surface area is 80.7 Å². The topological polar surface area (TPSA) is 46.3 Å². The van der Waals surface area contributed by atoms with Crippen molar-refractivity contribution in [2.75, 3.05) is 20.6 Å². The minimum atomic E-state index is -0.0681. The summed E-state index contributed by atoms with van der Waals surface area (Å²) in [5.41, 5.74) is 5.42.